The normalized spacial score (nSPS) is 16.0. The number of rotatable bonds is 3. The zero-order valence-electron chi connectivity index (χ0n) is 12.4. The molecule has 1 aromatic heterocycles. The molecule has 1 amide bonds. The van der Waals surface area contributed by atoms with Crippen LogP contribution in [0.1, 0.15) is 23.3 Å². The number of aromatic nitrogens is 2. The summed E-state index contributed by atoms with van der Waals surface area (Å²) in [5.41, 5.74) is 6.58. The van der Waals surface area contributed by atoms with Gasteiger partial charge >= 0.3 is 0 Å². The Labute approximate surface area is 129 Å². The molecule has 3 rings (SSSR count). The van der Waals surface area contributed by atoms with Crippen LogP contribution < -0.4 is 5.73 Å². The molecule has 2 aromatic rings. The van der Waals surface area contributed by atoms with E-state index >= 15 is 0 Å². The van der Waals surface area contributed by atoms with E-state index in [0.29, 0.717) is 25.6 Å². The van der Waals surface area contributed by atoms with Crippen LogP contribution in [0.5, 0.6) is 5.75 Å². The summed E-state index contributed by atoms with van der Waals surface area (Å²) in [4.78, 5) is 14.3. The number of nitrogens with two attached hydrogens (primary N) is 1. The highest BCUT2D eigenvalue weighted by atomic mass is 16.3. The van der Waals surface area contributed by atoms with Crippen molar-refractivity contribution in [2.24, 2.45) is 11.7 Å². The van der Waals surface area contributed by atoms with Gasteiger partial charge in [-0.3, -0.25) is 4.79 Å². The van der Waals surface area contributed by atoms with E-state index in [1.807, 2.05) is 30.3 Å². The molecule has 0 unspecified atom stereocenters. The maximum Gasteiger partial charge on any atom is 0.278 e. The molecular formula is C16H20N4O2. The van der Waals surface area contributed by atoms with Crippen molar-refractivity contribution in [3.05, 3.63) is 42.2 Å². The molecule has 0 bridgehead atoms. The summed E-state index contributed by atoms with van der Waals surface area (Å²) in [7, 11) is 0. The van der Waals surface area contributed by atoms with E-state index in [1.165, 1.54) is 10.9 Å². The summed E-state index contributed by atoms with van der Waals surface area (Å²) >= 11 is 0. The van der Waals surface area contributed by atoms with Gasteiger partial charge in [0, 0.05) is 13.1 Å². The number of hydrogen-bond acceptors (Lipinski definition) is 4. The summed E-state index contributed by atoms with van der Waals surface area (Å²) in [5, 5.41) is 14.3. The number of nitrogens with zero attached hydrogens (tertiary/aromatic N) is 3. The SMILES string of the molecule is NCC1CCN(C(=O)c2nn(-c3ccccc3)cc2O)CC1. The van der Waals surface area contributed by atoms with Gasteiger partial charge in [-0.1, -0.05) is 18.2 Å². The average Bonchev–Trinajstić information content (AvgIpc) is 2.97. The van der Waals surface area contributed by atoms with Gasteiger partial charge in [-0.05, 0) is 37.4 Å². The Bertz CT molecular complexity index is 645. The zero-order chi connectivity index (χ0) is 15.5. The molecule has 1 aliphatic rings. The van der Waals surface area contributed by atoms with Crippen LogP contribution in [0.15, 0.2) is 36.5 Å². The van der Waals surface area contributed by atoms with Gasteiger partial charge in [0.05, 0.1) is 11.9 Å². The summed E-state index contributed by atoms with van der Waals surface area (Å²) in [6, 6.07) is 9.40. The summed E-state index contributed by atoms with van der Waals surface area (Å²) < 4.78 is 1.52. The molecule has 0 radical (unpaired) electrons. The van der Waals surface area contributed by atoms with Crippen LogP contribution in [-0.4, -0.2) is 45.3 Å². The fourth-order valence-electron chi connectivity index (χ4n) is 2.75. The van der Waals surface area contributed by atoms with Gasteiger partial charge in [-0.2, -0.15) is 5.10 Å². The standard InChI is InChI=1S/C16H20N4O2/c17-10-12-6-8-19(9-7-12)16(22)15-14(21)11-20(18-15)13-4-2-1-3-5-13/h1-5,11-12,21H,6-10,17H2. The molecule has 3 N–H and O–H groups in total. The second-order valence-electron chi connectivity index (χ2n) is 5.61. The van der Waals surface area contributed by atoms with Crippen molar-refractivity contribution in [1.29, 1.82) is 0 Å². The van der Waals surface area contributed by atoms with Gasteiger partial charge in [0.15, 0.2) is 11.4 Å². The van der Waals surface area contributed by atoms with E-state index in [9.17, 15) is 9.90 Å². The molecule has 6 heteroatoms. The predicted molar refractivity (Wildman–Crippen MR) is 82.9 cm³/mol. The molecule has 1 saturated heterocycles. The highest BCUT2D eigenvalue weighted by molar-refractivity contribution is 5.94. The summed E-state index contributed by atoms with van der Waals surface area (Å²) in [5.74, 6) is 0.178. The van der Waals surface area contributed by atoms with Gasteiger partial charge in [-0.25, -0.2) is 4.68 Å². The fourth-order valence-corrected chi connectivity index (χ4v) is 2.75. The Morgan fingerprint density at radius 1 is 1.27 bits per heavy atom. The van der Waals surface area contributed by atoms with Crippen molar-refractivity contribution >= 4 is 5.91 Å². The van der Waals surface area contributed by atoms with Crippen molar-refractivity contribution in [2.75, 3.05) is 19.6 Å². The maximum absolute atomic E-state index is 12.5. The number of likely N-dealkylation sites (tertiary alicyclic amines) is 1. The van der Waals surface area contributed by atoms with Crippen LogP contribution >= 0.6 is 0 Å². The first-order chi connectivity index (χ1) is 10.7. The third-order valence-electron chi connectivity index (χ3n) is 4.15. The molecule has 22 heavy (non-hydrogen) atoms. The van der Waals surface area contributed by atoms with Gasteiger partial charge < -0.3 is 15.7 Å². The van der Waals surface area contributed by atoms with E-state index in [2.05, 4.69) is 5.10 Å². The molecule has 1 fully saturated rings. The van der Waals surface area contributed by atoms with Crippen LogP contribution in [-0.2, 0) is 0 Å². The lowest BCUT2D eigenvalue weighted by atomic mass is 9.97. The number of piperidine rings is 1. The Morgan fingerprint density at radius 3 is 2.59 bits per heavy atom. The number of carbonyl (C=O) groups is 1. The first kappa shape index (κ1) is 14.6. The molecule has 2 heterocycles. The van der Waals surface area contributed by atoms with Crippen LogP contribution in [0.2, 0.25) is 0 Å². The lowest BCUT2D eigenvalue weighted by molar-refractivity contribution is 0.0684. The van der Waals surface area contributed by atoms with E-state index in [4.69, 9.17) is 5.73 Å². The maximum atomic E-state index is 12.5. The highest BCUT2D eigenvalue weighted by Crippen LogP contribution is 2.23. The lowest BCUT2D eigenvalue weighted by Gasteiger charge is -2.30. The Hall–Kier alpha value is -2.34. The number of aromatic hydroxyl groups is 1. The molecule has 1 aromatic carbocycles. The van der Waals surface area contributed by atoms with Crippen molar-refractivity contribution in [2.45, 2.75) is 12.8 Å². The van der Waals surface area contributed by atoms with Crippen molar-refractivity contribution in [3.63, 3.8) is 0 Å². The molecule has 6 nitrogen and oxygen atoms in total. The number of para-hydroxylation sites is 1. The van der Waals surface area contributed by atoms with Crippen molar-refractivity contribution < 1.29 is 9.90 Å². The zero-order valence-corrected chi connectivity index (χ0v) is 12.4. The minimum Gasteiger partial charge on any atom is -0.504 e. The fraction of sp³-hybridized carbons (Fsp3) is 0.375. The Morgan fingerprint density at radius 2 is 1.95 bits per heavy atom. The van der Waals surface area contributed by atoms with Crippen LogP contribution in [0.3, 0.4) is 0 Å². The largest absolute Gasteiger partial charge is 0.504 e. The number of carbonyl (C=O) groups excluding carboxylic acids is 1. The smallest absolute Gasteiger partial charge is 0.278 e. The molecule has 1 aliphatic heterocycles. The second kappa shape index (κ2) is 6.19. The second-order valence-corrected chi connectivity index (χ2v) is 5.61. The van der Waals surface area contributed by atoms with Gasteiger partial charge in [0.25, 0.3) is 5.91 Å². The van der Waals surface area contributed by atoms with E-state index in [1.54, 1.807) is 4.90 Å². The molecule has 116 valence electrons. The topological polar surface area (TPSA) is 84.4 Å². The van der Waals surface area contributed by atoms with Gasteiger partial charge in [-0.15, -0.1) is 0 Å². The summed E-state index contributed by atoms with van der Waals surface area (Å²) in [6.07, 6.45) is 3.28. The lowest BCUT2D eigenvalue weighted by Crippen LogP contribution is -2.40. The number of hydrogen-bond donors (Lipinski definition) is 2. The third kappa shape index (κ3) is 2.82. The number of benzene rings is 1. The average molecular weight is 300 g/mol. The summed E-state index contributed by atoms with van der Waals surface area (Å²) in [6.45, 7) is 1.99. The van der Waals surface area contributed by atoms with E-state index < -0.39 is 0 Å². The molecule has 0 atom stereocenters. The van der Waals surface area contributed by atoms with Gasteiger partial charge in [0.2, 0.25) is 0 Å². The third-order valence-corrected chi connectivity index (χ3v) is 4.15. The van der Waals surface area contributed by atoms with Crippen LogP contribution in [0, 0.1) is 5.92 Å². The quantitative estimate of drug-likeness (QED) is 0.897. The first-order valence-electron chi connectivity index (χ1n) is 7.52. The molecule has 0 spiro atoms. The Balaban J connectivity index is 1.78. The minimum atomic E-state index is -0.220. The van der Waals surface area contributed by atoms with Crippen LogP contribution in [0.25, 0.3) is 5.69 Å². The predicted octanol–water partition coefficient (Wildman–Crippen LogP) is 1.39. The minimum absolute atomic E-state index is 0.0881. The van der Waals surface area contributed by atoms with Crippen molar-refractivity contribution in [3.8, 4) is 11.4 Å². The first-order valence-corrected chi connectivity index (χ1v) is 7.52. The molecule has 0 saturated carbocycles. The van der Waals surface area contributed by atoms with Crippen LogP contribution in [0.4, 0.5) is 0 Å². The van der Waals surface area contributed by atoms with E-state index in [0.717, 1.165) is 18.5 Å². The van der Waals surface area contributed by atoms with Crippen molar-refractivity contribution in [1.82, 2.24) is 14.7 Å². The molecular weight excluding hydrogens is 280 g/mol. The van der Waals surface area contributed by atoms with Gasteiger partial charge in [0.1, 0.15) is 0 Å². The molecule has 0 aliphatic carbocycles. The number of amides is 1. The monoisotopic (exact) mass is 300 g/mol. The highest BCUT2D eigenvalue weighted by Gasteiger charge is 2.26. The Kier molecular flexibility index (Phi) is 4.11. The van der Waals surface area contributed by atoms with E-state index in [-0.39, 0.29) is 17.4 Å².